The Morgan fingerprint density at radius 2 is 2.25 bits per heavy atom. The second kappa shape index (κ2) is 5.95. The lowest BCUT2D eigenvalue weighted by Gasteiger charge is -2.24. The smallest absolute Gasteiger partial charge is 0.156 e. The minimum Gasteiger partial charge on any atom is -0.362 e. The summed E-state index contributed by atoms with van der Waals surface area (Å²) in [5.41, 5.74) is 0. The van der Waals surface area contributed by atoms with Crippen LogP contribution in [-0.4, -0.2) is 23.5 Å². The second-order valence-corrected chi connectivity index (χ2v) is 6.40. The maximum Gasteiger partial charge on any atom is 0.156 e. The van der Waals surface area contributed by atoms with E-state index in [-0.39, 0.29) is 0 Å². The average molecular weight is 240 g/mol. The molecule has 92 valence electrons. The molecule has 2 fully saturated rings. The highest BCUT2D eigenvalue weighted by Crippen LogP contribution is 2.30. The molecule has 1 N–H and O–H groups in total. The molecule has 3 atom stereocenters. The highest BCUT2D eigenvalue weighted by Gasteiger charge is 2.21. The van der Waals surface area contributed by atoms with Gasteiger partial charge in [-0.3, -0.25) is 4.99 Å². The van der Waals surface area contributed by atoms with E-state index in [1.165, 1.54) is 43.0 Å². The number of thioether (sulfide) groups is 1. The fourth-order valence-corrected chi connectivity index (χ4v) is 3.70. The Morgan fingerprint density at radius 1 is 1.38 bits per heavy atom. The van der Waals surface area contributed by atoms with Crippen molar-refractivity contribution in [1.29, 1.82) is 0 Å². The molecule has 1 aliphatic carbocycles. The van der Waals surface area contributed by atoms with Crippen LogP contribution in [0.2, 0.25) is 0 Å². The number of nitrogens with zero attached hydrogens (tertiary/aromatic N) is 1. The van der Waals surface area contributed by atoms with Gasteiger partial charge in [-0.2, -0.15) is 0 Å². The molecule has 16 heavy (non-hydrogen) atoms. The molecular weight excluding hydrogens is 216 g/mol. The van der Waals surface area contributed by atoms with E-state index in [1.807, 2.05) is 11.8 Å². The van der Waals surface area contributed by atoms with E-state index in [1.54, 1.807) is 0 Å². The van der Waals surface area contributed by atoms with Crippen molar-refractivity contribution >= 4 is 16.9 Å². The van der Waals surface area contributed by atoms with Crippen LogP contribution in [0.5, 0.6) is 0 Å². The van der Waals surface area contributed by atoms with Crippen LogP contribution in [-0.2, 0) is 0 Å². The lowest BCUT2D eigenvalue weighted by Crippen LogP contribution is -2.37. The van der Waals surface area contributed by atoms with Crippen molar-refractivity contribution in [1.82, 2.24) is 5.32 Å². The fourth-order valence-electron chi connectivity index (χ4n) is 2.69. The highest BCUT2D eigenvalue weighted by molar-refractivity contribution is 8.13. The third-order valence-corrected chi connectivity index (χ3v) is 4.78. The average Bonchev–Trinajstić information content (AvgIpc) is 2.73. The molecule has 1 saturated carbocycles. The van der Waals surface area contributed by atoms with Gasteiger partial charge in [0.15, 0.2) is 5.17 Å². The van der Waals surface area contributed by atoms with Gasteiger partial charge in [0.2, 0.25) is 0 Å². The summed E-state index contributed by atoms with van der Waals surface area (Å²) in [6, 6.07) is 0.669. The molecule has 3 unspecified atom stereocenters. The summed E-state index contributed by atoms with van der Waals surface area (Å²) in [5.74, 6) is 3.03. The molecule has 1 saturated heterocycles. The Balaban J connectivity index is 1.78. The van der Waals surface area contributed by atoms with Gasteiger partial charge in [-0.15, -0.1) is 0 Å². The van der Waals surface area contributed by atoms with Crippen LogP contribution in [0, 0.1) is 11.8 Å². The molecule has 0 aromatic rings. The summed E-state index contributed by atoms with van der Waals surface area (Å²) in [6.45, 7) is 5.67. The summed E-state index contributed by atoms with van der Waals surface area (Å²) in [4.78, 5) is 4.77. The summed E-state index contributed by atoms with van der Waals surface area (Å²) < 4.78 is 0. The summed E-state index contributed by atoms with van der Waals surface area (Å²) >= 11 is 1.91. The fraction of sp³-hybridized carbons (Fsp3) is 0.923. The lowest BCUT2D eigenvalue weighted by atomic mass is 10.1. The van der Waals surface area contributed by atoms with Gasteiger partial charge in [-0.1, -0.05) is 32.0 Å². The Morgan fingerprint density at radius 3 is 2.94 bits per heavy atom. The van der Waals surface area contributed by atoms with Gasteiger partial charge in [-0.25, -0.2) is 0 Å². The first-order valence-electron chi connectivity index (χ1n) is 6.71. The number of aliphatic imine (C=N–C) groups is 1. The topological polar surface area (TPSA) is 24.4 Å². The van der Waals surface area contributed by atoms with Crippen molar-refractivity contribution < 1.29 is 0 Å². The lowest BCUT2D eigenvalue weighted by molar-refractivity contribution is 0.522. The maximum atomic E-state index is 4.77. The van der Waals surface area contributed by atoms with Crippen molar-refractivity contribution in [3.8, 4) is 0 Å². The Hall–Kier alpha value is -0.180. The van der Waals surface area contributed by atoms with Crippen LogP contribution in [0.4, 0.5) is 0 Å². The number of rotatable bonds is 3. The molecular formula is C13H24N2S. The van der Waals surface area contributed by atoms with Crippen LogP contribution in [0.3, 0.4) is 0 Å². The number of nitrogens with one attached hydrogen (secondary N) is 1. The third kappa shape index (κ3) is 3.41. The molecule has 0 bridgehead atoms. The molecule has 1 heterocycles. The molecule has 1 aliphatic heterocycles. The van der Waals surface area contributed by atoms with Crippen molar-refractivity contribution in [2.24, 2.45) is 16.8 Å². The summed E-state index contributed by atoms with van der Waals surface area (Å²) in [7, 11) is 0. The number of amidine groups is 1. The largest absolute Gasteiger partial charge is 0.362 e. The van der Waals surface area contributed by atoms with Crippen LogP contribution >= 0.6 is 11.8 Å². The van der Waals surface area contributed by atoms with E-state index >= 15 is 0 Å². The zero-order valence-electron chi connectivity index (χ0n) is 10.5. The van der Waals surface area contributed by atoms with Crippen LogP contribution < -0.4 is 5.32 Å². The maximum absolute atomic E-state index is 4.77. The third-order valence-electron chi connectivity index (χ3n) is 3.82. The Bertz CT molecular complexity index is 252. The molecule has 0 amide bonds. The summed E-state index contributed by atoms with van der Waals surface area (Å²) in [6.07, 6.45) is 6.70. The van der Waals surface area contributed by atoms with Gasteiger partial charge in [0.1, 0.15) is 0 Å². The van der Waals surface area contributed by atoms with Crippen LogP contribution in [0.1, 0.15) is 46.0 Å². The van der Waals surface area contributed by atoms with Gasteiger partial charge < -0.3 is 5.32 Å². The molecule has 2 nitrogen and oxygen atoms in total. The standard InChI is InChI=1S/C13H24N2S/c1-3-12-6-7-16-13(15-12)14-9-11-5-4-10(2)8-11/h10-12H,3-9H2,1-2H3,(H,14,15). The number of hydrogen-bond donors (Lipinski definition) is 1. The minimum absolute atomic E-state index is 0.669. The highest BCUT2D eigenvalue weighted by atomic mass is 32.2. The van der Waals surface area contributed by atoms with Crippen molar-refractivity contribution in [2.45, 2.75) is 52.0 Å². The minimum atomic E-state index is 0.669. The van der Waals surface area contributed by atoms with E-state index in [0.29, 0.717) is 6.04 Å². The van der Waals surface area contributed by atoms with E-state index in [4.69, 9.17) is 4.99 Å². The van der Waals surface area contributed by atoms with E-state index in [0.717, 1.165) is 18.4 Å². The SMILES string of the molecule is CCC1CCSC(=NCC2CCC(C)C2)N1. The van der Waals surface area contributed by atoms with Crippen molar-refractivity contribution in [2.75, 3.05) is 12.3 Å². The molecule has 3 heteroatoms. The Labute approximate surface area is 104 Å². The van der Waals surface area contributed by atoms with Crippen molar-refractivity contribution in [3.63, 3.8) is 0 Å². The van der Waals surface area contributed by atoms with Gasteiger partial charge in [0.25, 0.3) is 0 Å². The predicted molar refractivity (Wildman–Crippen MR) is 73.1 cm³/mol. The van der Waals surface area contributed by atoms with Crippen LogP contribution in [0.15, 0.2) is 4.99 Å². The second-order valence-electron chi connectivity index (χ2n) is 5.32. The predicted octanol–water partition coefficient (Wildman–Crippen LogP) is 3.28. The quantitative estimate of drug-likeness (QED) is 0.818. The van der Waals surface area contributed by atoms with Gasteiger partial charge in [0.05, 0.1) is 0 Å². The van der Waals surface area contributed by atoms with Crippen molar-refractivity contribution in [3.05, 3.63) is 0 Å². The first kappa shape index (κ1) is 12.3. The van der Waals surface area contributed by atoms with E-state index < -0.39 is 0 Å². The van der Waals surface area contributed by atoms with Gasteiger partial charge in [-0.05, 0) is 37.5 Å². The van der Waals surface area contributed by atoms with Gasteiger partial charge >= 0.3 is 0 Å². The first-order valence-corrected chi connectivity index (χ1v) is 7.70. The Kier molecular flexibility index (Phi) is 4.56. The molecule has 0 aromatic heterocycles. The molecule has 0 spiro atoms. The van der Waals surface area contributed by atoms with E-state index in [2.05, 4.69) is 19.2 Å². The number of hydrogen-bond acceptors (Lipinski definition) is 2. The molecule has 0 radical (unpaired) electrons. The zero-order chi connectivity index (χ0) is 11.4. The zero-order valence-corrected chi connectivity index (χ0v) is 11.4. The molecule has 2 rings (SSSR count). The van der Waals surface area contributed by atoms with E-state index in [9.17, 15) is 0 Å². The summed E-state index contributed by atoms with van der Waals surface area (Å²) in [5, 5.41) is 4.76. The monoisotopic (exact) mass is 240 g/mol. The van der Waals surface area contributed by atoms with Gasteiger partial charge in [0, 0.05) is 18.3 Å². The van der Waals surface area contributed by atoms with Crippen LogP contribution in [0.25, 0.3) is 0 Å². The molecule has 0 aromatic carbocycles. The first-order chi connectivity index (χ1) is 7.78. The normalized spacial score (nSPS) is 37.6. The molecule has 2 aliphatic rings.